The largest absolute Gasteiger partial charge is 0.490 e. The average molecular weight is 600 g/mol. The van der Waals surface area contributed by atoms with E-state index >= 15 is 0 Å². The van der Waals surface area contributed by atoms with Gasteiger partial charge in [-0.15, -0.1) is 0 Å². The predicted molar refractivity (Wildman–Crippen MR) is 160 cm³/mol. The molecule has 0 unspecified atom stereocenters. The van der Waals surface area contributed by atoms with Crippen molar-refractivity contribution >= 4 is 63.8 Å². The zero-order valence-corrected chi connectivity index (χ0v) is 24.5. The highest BCUT2D eigenvalue weighted by Crippen LogP contribution is 2.36. The van der Waals surface area contributed by atoms with E-state index in [1.54, 1.807) is 42.5 Å². The summed E-state index contributed by atoms with van der Waals surface area (Å²) in [5.41, 5.74) is 3.04. The van der Waals surface area contributed by atoms with Gasteiger partial charge in [-0.2, -0.15) is 0 Å². The second kappa shape index (κ2) is 13.3. The second-order valence-corrected chi connectivity index (χ2v) is 11.1. The molecule has 3 aromatic rings. The molecule has 1 aliphatic rings. The highest BCUT2D eigenvalue weighted by molar-refractivity contribution is 8.18. The number of hydrogen-bond acceptors (Lipinski definition) is 6. The van der Waals surface area contributed by atoms with Gasteiger partial charge in [0.05, 0.1) is 18.1 Å². The number of halogens is 2. The molecule has 0 bridgehead atoms. The number of hydrogen-bond donors (Lipinski definition) is 1. The van der Waals surface area contributed by atoms with Gasteiger partial charge in [0.1, 0.15) is 0 Å². The maximum atomic E-state index is 13.0. The van der Waals surface area contributed by atoms with E-state index in [1.807, 2.05) is 31.2 Å². The van der Waals surface area contributed by atoms with Crippen molar-refractivity contribution in [3.05, 3.63) is 92.3 Å². The SMILES string of the molecule is CCOc1cc(/C=C2/SC(=O)N(Cc3ccc(Cl)cc3Cl)C2=O)ccc1OCC(=O)Nc1ccccc1C(C)C. The lowest BCUT2D eigenvalue weighted by molar-refractivity contribution is -0.123. The van der Waals surface area contributed by atoms with Gasteiger partial charge in [-0.25, -0.2) is 0 Å². The Kier molecular flexibility index (Phi) is 9.79. The molecule has 1 N–H and O–H groups in total. The van der Waals surface area contributed by atoms with Gasteiger partial charge < -0.3 is 14.8 Å². The number of para-hydroxylation sites is 1. The Morgan fingerprint density at radius 3 is 2.52 bits per heavy atom. The van der Waals surface area contributed by atoms with Crippen molar-refractivity contribution in [3.8, 4) is 11.5 Å². The Morgan fingerprint density at radius 1 is 1.02 bits per heavy atom. The summed E-state index contributed by atoms with van der Waals surface area (Å²) in [6.07, 6.45) is 1.62. The molecule has 3 amide bonds. The van der Waals surface area contributed by atoms with Crippen LogP contribution >= 0.6 is 35.0 Å². The smallest absolute Gasteiger partial charge is 0.293 e. The van der Waals surface area contributed by atoms with E-state index in [0.717, 1.165) is 27.9 Å². The first-order valence-corrected chi connectivity index (χ1v) is 14.2. The summed E-state index contributed by atoms with van der Waals surface area (Å²) in [5.74, 6) is 0.341. The van der Waals surface area contributed by atoms with Crippen LogP contribution in [0.5, 0.6) is 11.5 Å². The second-order valence-electron chi connectivity index (χ2n) is 9.22. The third-order valence-electron chi connectivity index (χ3n) is 6.00. The molecule has 3 aromatic carbocycles. The van der Waals surface area contributed by atoms with E-state index in [1.165, 1.54) is 0 Å². The minimum absolute atomic E-state index is 0.0404. The quantitative estimate of drug-likeness (QED) is 0.240. The molecule has 1 aliphatic heterocycles. The highest BCUT2D eigenvalue weighted by atomic mass is 35.5. The Morgan fingerprint density at radius 2 is 1.80 bits per heavy atom. The van der Waals surface area contributed by atoms with Crippen molar-refractivity contribution < 1.29 is 23.9 Å². The molecule has 1 heterocycles. The first-order chi connectivity index (χ1) is 19.2. The Labute approximate surface area is 247 Å². The van der Waals surface area contributed by atoms with Crippen molar-refractivity contribution in [3.63, 3.8) is 0 Å². The topological polar surface area (TPSA) is 84.9 Å². The Balaban J connectivity index is 1.45. The summed E-state index contributed by atoms with van der Waals surface area (Å²) in [5, 5.41) is 3.36. The van der Waals surface area contributed by atoms with Gasteiger partial charge in [0, 0.05) is 15.7 Å². The first-order valence-electron chi connectivity index (χ1n) is 12.6. The minimum atomic E-state index is -0.419. The van der Waals surface area contributed by atoms with Crippen LogP contribution in [0, 0.1) is 0 Å². The Bertz CT molecular complexity index is 1470. The van der Waals surface area contributed by atoms with Gasteiger partial charge in [-0.3, -0.25) is 19.3 Å². The monoisotopic (exact) mass is 598 g/mol. The third kappa shape index (κ3) is 7.18. The van der Waals surface area contributed by atoms with E-state index in [-0.39, 0.29) is 29.9 Å². The van der Waals surface area contributed by atoms with Crippen LogP contribution in [0.4, 0.5) is 10.5 Å². The number of imide groups is 1. The summed E-state index contributed by atoms with van der Waals surface area (Å²) >= 11 is 13.0. The lowest BCUT2D eigenvalue weighted by Gasteiger charge is -2.15. The van der Waals surface area contributed by atoms with Crippen LogP contribution in [0.3, 0.4) is 0 Å². The fourth-order valence-electron chi connectivity index (χ4n) is 4.05. The van der Waals surface area contributed by atoms with E-state index in [9.17, 15) is 14.4 Å². The van der Waals surface area contributed by atoms with Crippen molar-refractivity contribution in [2.45, 2.75) is 33.2 Å². The fraction of sp³-hybridized carbons (Fsp3) is 0.233. The fourth-order valence-corrected chi connectivity index (χ4v) is 5.36. The maximum absolute atomic E-state index is 13.0. The molecule has 0 aromatic heterocycles. The number of ether oxygens (including phenoxy) is 2. The lowest BCUT2D eigenvalue weighted by Crippen LogP contribution is -2.27. The van der Waals surface area contributed by atoms with Gasteiger partial charge in [0.25, 0.3) is 17.1 Å². The number of carbonyl (C=O) groups is 3. The summed E-state index contributed by atoms with van der Waals surface area (Å²) in [4.78, 5) is 39.7. The van der Waals surface area contributed by atoms with Crippen molar-refractivity contribution in [1.29, 1.82) is 0 Å². The number of anilines is 1. The number of amides is 3. The summed E-state index contributed by atoms with van der Waals surface area (Å²) < 4.78 is 11.5. The van der Waals surface area contributed by atoms with Crippen molar-refractivity contribution in [2.75, 3.05) is 18.5 Å². The molecule has 0 aliphatic carbocycles. The number of nitrogens with zero attached hydrogens (tertiary/aromatic N) is 1. The predicted octanol–water partition coefficient (Wildman–Crippen LogP) is 7.77. The van der Waals surface area contributed by atoms with Crippen LogP contribution in [0.25, 0.3) is 6.08 Å². The molecule has 4 rings (SSSR count). The van der Waals surface area contributed by atoms with E-state index in [4.69, 9.17) is 32.7 Å². The van der Waals surface area contributed by atoms with E-state index in [2.05, 4.69) is 19.2 Å². The van der Waals surface area contributed by atoms with E-state index < -0.39 is 11.1 Å². The third-order valence-corrected chi connectivity index (χ3v) is 7.49. The standard InChI is InChI=1S/C30H28Cl2N2O5S/c1-4-38-26-13-19(9-12-25(26)39-17-28(35)33-24-8-6-5-7-22(24)18(2)3)14-27-29(36)34(30(37)40-27)16-20-10-11-21(31)15-23(20)32/h5-15,18H,4,16-17H2,1-3H3,(H,33,35)/b27-14+. The molecule has 7 nitrogen and oxygen atoms in total. The highest BCUT2D eigenvalue weighted by Gasteiger charge is 2.35. The molecule has 1 saturated heterocycles. The lowest BCUT2D eigenvalue weighted by atomic mass is 10.0. The van der Waals surface area contributed by atoms with Crippen LogP contribution in [-0.2, 0) is 16.1 Å². The molecule has 0 spiro atoms. The molecule has 208 valence electrons. The van der Waals surface area contributed by atoms with Crippen LogP contribution in [-0.4, -0.2) is 35.2 Å². The normalized spacial score (nSPS) is 14.2. The zero-order valence-electron chi connectivity index (χ0n) is 22.2. The molecular formula is C30H28Cl2N2O5S. The molecule has 1 fully saturated rings. The maximum Gasteiger partial charge on any atom is 0.293 e. The molecule has 10 heteroatoms. The molecule has 40 heavy (non-hydrogen) atoms. The Hall–Kier alpha value is -3.46. The van der Waals surface area contributed by atoms with Crippen LogP contribution < -0.4 is 14.8 Å². The van der Waals surface area contributed by atoms with Gasteiger partial charge >= 0.3 is 0 Å². The van der Waals surface area contributed by atoms with Crippen LogP contribution in [0.2, 0.25) is 10.0 Å². The van der Waals surface area contributed by atoms with Crippen LogP contribution in [0.1, 0.15) is 43.4 Å². The summed E-state index contributed by atoms with van der Waals surface area (Å²) in [6, 6.07) is 17.7. The molecule has 0 atom stereocenters. The van der Waals surface area contributed by atoms with Gasteiger partial charge in [0.15, 0.2) is 18.1 Å². The van der Waals surface area contributed by atoms with Gasteiger partial charge in [0.2, 0.25) is 0 Å². The zero-order chi connectivity index (χ0) is 28.8. The number of nitrogens with one attached hydrogen (secondary N) is 1. The molecule has 0 radical (unpaired) electrons. The first kappa shape index (κ1) is 29.5. The number of thioether (sulfide) groups is 1. The summed E-state index contributed by atoms with van der Waals surface area (Å²) in [7, 11) is 0. The molecule has 0 saturated carbocycles. The summed E-state index contributed by atoms with van der Waals surface area (Å²) in [6.45, 7) is 6.15. The van der Waals surface area contributed by atoms with Gasteiger partial charge in [-0.1, -0.05) is 67.4 Å². The van der Waals surface area contributed by atoms with Gasteiger partial charge in [-0.05, 0) is 77.7 Å². The number of rotatable bonds is 10. The average Bonchev–Trinajstić information content (AvgIpc) is 3.17. The van der Waals surface area contributed by atoms with E-state index in [0.29, 0.717) is 39.3 Å². The van der Waals surface area contributed by atoms with Crippen molar-refractivity contribution in [1.82, 2.24) is 4.90 Å². The van der Waals surface area contributed by atoms with Crippen molar-refractivity contribution in [2.24, 2.45) is 0 Å². The number of benzene rings is 3. The van der Waals surface area contributed by atoms with Crippen LogP contribution in [0.15, 0.2) is 65.6 Å². The number of carbonyl (C=O) groups excluding carboxylic acids is 3. The minimum Gasteiger partial charge on any atom is -0.490 e. The molecular weight excluding hydrogens is 571 g/mol.